The third-order valence-electron chi connectivity index (χ3n) is 6.28. The normalized spacial score (nSPS) is 18.3. The van der Waals surface area contributed by atoms with Crippen molar-refractivity contribution in [2.75, 3.05) is 38.3 Å². The lowest BCUT2D eigenvalue weighted by molar-refractivity contribution is -0.146. The molecular weight excluding hydrogens is 392 g/mol. The van der Waals surface area contributed by atoms with E-state index in [4.69, 9.17) is 10.00 Å². The number of hydrogen-bond acceptors (Lipinski definition) is 6. The molecule has 2 aromatic rings. The maximum atomic E-state index is 13.5. The molecule has 0 aliphatic carbocycles. The summed E-state index contributed by atoms with van der Waals surface area (Å²) in [6.45, 7) is 2.61. The minimum absolute atomic E-state index is 0.00659. The van der Waals surface area contributed by atoms with Crippen LogP contribution < -0.4 is 4.90 Å². The SMILES string of the molecule is COC(=O)CN1CN(c2ccccc2)C2(CCN(Cc3cccc(C#N)c3)CC2)C1=O. The van der Waals surface area contributed by atoms with Crippen LogP contribution in [0.2, 0.25) is 0 Å². The Hall–Kier alpha value is -3.37. The van der Waals surface area contributed by atoms with Gasteiger partial charge in [-0.15, -0.1) is 0 Å². The molecule has 0 radical (unpaired) electrons. The molecule has 0 unspecified atom stereocenters. The van der Waals surface area contributed by atoms with E-state index in [1.165, 1.54) is 7.11 Å². The van der Waals surface area contributed by atoms with Crippen LogP contribution in [0.15, 0.2) is 54.6 Å². The van der Waals surface area contributed by atoms with Crippen molar-refractivity contribution in [3.8, 4) is 6.07 Å². The predicted octanol–water partition coefficient (Wildman–Crippen LogP) is 2.37. The van der Waals surface area contributed by atoms with Gasteiger partial charge in [0.15, 0.2) is 0 Å². The van der Waals surface area contributed by atoms with Crippen LogP contribution in [0.3, 0.4) is 0 Å². The second-order valence-corrected chi connectivity index (χ2v) is 8.10. The molecule has 0 saturated carbocycles. The molecule has 1 amide bonds. The molecule has 0 N–H and O–H groups in total. The van der Waals surface area contributed by atoms with E-state index in [2.05, 4.69) is 15.9 Å². The van der Waals surface area contributed by atoms with Gasteiger partial charge in [0.1, 0.15) is 12.1 Å². The first-order valence-electron chi connectivity index (χ1n) is 10.5. The van der Waals surface area contributed by atoms with Gasteiger partial charge >= 0.3 is 5.97 Å². The molecule has 2 aromatic carbocycles. The topological polar surface area (TPSA) is 76.9 Å². The van der Waals surface area contributed by atoms with E-state index in [9.17, 15) is 9.59 Å². The summed E-state index contributed by atoms with van der Waals surface area (Å²) in [5.41, 5.74) is 2.09. The Labute approximate surface area is 182 Å². The molecule has 4 rings (SSSR count). The number of esters is 1. The van der Waals surface area contributed by atoms with Gasteiger partial charge in [0, 0.05) is 25.3 Å². The Bertz CT molecular complexity index is 993. The Morgan fingerprint density at radius 1 is 1.13 bits per heavy atom. The Balaban J connectivity index is 1.53. The first-order valence-corrected chi connectivity index (χ1v) is 10.5. The molecular formula is C24H26N4O3. The Kier molecular flexibility index (Phi) is 5.92. The fourth-order valence-corrected chi connectivity index (χ4v) is 4.62. The van der Waals surface area contributed by atoms with Crippen molar-refractivity contribution in [2.45, 2.75) is 24.9 Å². The van der Waals surface area contributed by atoms with Gasteiger partial charge in [-0.2, -0.15) is 5.26 Å². The van der Waals surface area contributed by atoms with E-state index in [-0.39, 0.29) is 12.5 Å². The number of likely N-dealkylation sites (tertiary alicyclic amines) is 1. The van der Waals surface area contributed by atoms with Crippen LogP contribution in [-0.2, 0) is 20.9 Å². The third-order valence-corrected chi connectivity index (χ3v) is 6.28. The summed E-state index contributed by atoms with van der Waals surface area (Å²) in [6, 6.07) is 19.7. The van der Waals surface area contributed by atoms with E-state index < -0.39 is 11.5 Å². The summed E-state index contributed by atoms with van der Waals surface area (Å²) in [7, 11) is 1.34. The second-order valence-electron chi connectivity index (χ2n) is 8.10. The minimum Gasteiger partial charge on any atom is -0.468 e. The summed E-state index contributed by atoms with van der Waals surface area (Å²) in [5, 5.41) is 9.13. The van der Waals surface area contributed by atoms with Crippen LogP contribution in [0.25, 0.3) is 0 Å². The lowest BCUT2D eigenvalue weighted by Crippen LogP contribution is -2.56. The molecule has 2 saturated heterocycles. The summed E-state index contributed by atoms with van der Waals surface area (Å²) >= 11 is 0. The molecule has 7 heteroatoms. The number of benzene rings is 2. The average Bonchev–Trinajstić information content (AvgIpc) is 3.07. The fraction of sp³-hybridized carbons (Fsp3) is 0.375. The molecule has 2 fully saturated rings. The number of para-hydroxylation sites is 1. The molecule has 0 aromatic heterocycles. The molecule has 31 heavy (non-hydrogen) atoms. The van der Waals surface area contributed by atoms with Gasteiger partial charge in [0.2, 0.25) is 0 Å². The zero-order chi connectivity index (χ0) is 21.8. The van der Waals surface area contributed by atoms with E-state index in [1.807, 2.05) is 48.5 Å². The smallest absolute Gasteiger partial charge is 0.325 e. The van der Waals surface area contributed by atoms with Crippen LogP contribution in [0.5, 0.6) is 0 Å². The highest BCUT2D eigenvalue weighted by molar-refractivity contribution is 5.95. The average molecular weight is 418 g/mol. The lowest BCUT2D eigenvalue weighted by Gasteiger charge is -2.43. The van der Waals surface area contributed by atoms with Crippen LogP contribution in [0, 0.1) is 11.3 Å². The highest BCUT2D eigenvalue weighted by Gasteiger charge is 2.54. The molecule has 0 atom stereocenters. The number of rotatable bonds is 5. The van der Waals surface area contributed by atoms with Crippen molar-refractivity contribution in [2.24, 2.45) is 0 Å². The molecule has 1 spiro atoms. The maximum absolute atomic E-state index is 13.5. The number of ether oxygens (including phenoxy) is 1. The number of carbonyl (C=O) groups excluding carboxylic acids is 2. The summed E-state index contributed by atoms with van der Waals surface area (Å²) in [6.07, 6.45) is 1.35. The van der Waals surface area contributed by atoms with Gasteiger partial charge in [-0.05, 0) is 42.7 Å². The van der Waals surface area contributed by atoms with Crippen molar-refractivity contribution >= 4 is 17.6 Å². The monoisotopic (exact) mass is 418 g/mol. The van der Waals surface area contributed by atoms with Crippen molar-refractivity contribution in [1.29, 1.82) is 5.26 Å². The quantitative estimate of drug-likeness (QED) is 0.694. The number of piperidine rings is 1. The Morgan fingerprint density at radius 3 is 2.55 bits per heavy atom. The molecule has 2 heterocycles. The molecule has 7 nitrogen and oxygen atoms in total. The van der Waals surface area contributed by atoms with Gasteiger partial charge in [-0.1, -0.05) is 30.3 Å². The van der Waals surface area contributed by atoms with Crippen LogP contribution >= 0.6 is 0 Å². The van der Waals surface area contributed by atoms with Gasteiger partial charge < -0.3 is 14.5 Å². The van der Waals surface area contributed by atoms with Crippen molar-refractivity contribution in [3.63, 3.8) is 0 Å². The van der Waals surface area contributed by atoms with Gasteiger partial charge in [-0.25, -0.2) is 0 Å². The summed E-state index contributed by atoms with van der Waals surface area (Å²) < 4.78 is 4.80. The molecule has 2 aliphatic rings. The fourth-order valence-electron chi connectivity index (χ4n) is 4.62. The molecule has 0 bridgehead atoms. The number of anilines is 1. The molecule has 160 valence electrons. The standard InChI is InChI=1S/C24H26N4O3/c1-31-22(29)17-27-18-28(21-8-3-2-4-9-21)24(23(27)30)10-12-26(13-11-24)16-20-7-5-6-19(14-20)15-25/h2-9,14H,10-13,16-18H2,1H3. The number of amides is 1. The first kappa shape index (κ1) is 20.9. The first-order chi connectivity index (χ1) is 15.1. The highest BCUT2D eigenvalue weighted by Crippen LogP contribution is 2.39. The maximum Gasteiger partial charge on any atom is 0.325 e. The van der Waals surface area contributed by atoms with Crippen molar-refractivity contribution in [3.05, 3.63) is 65.7 Å². The highest BCUT2D eigenvalue weighted by atomic mass is 16.5. The summed E-state index contributed by atoms with van der Waals surface area (Å²) in [4.78, 5) is 31.4. The zero-order valence-corrected chi connectivity index (χ0v) is 17.7. The van der Waals surface area contributed by atoms with Crippen molar-refractivity contribution in [1.82, 2.24) is 9.80 Å². The number of carbonyl (C=O) groups is 2. The van der Waals surface area contributed by atoms with Crippen LogP contribution in [0.4, 0.5) is 5.69 Å². The predicted molar refractivity (Wildman–Crippen MR) is 116 cm³/mol. The van der Waals surface area contributed by atoms with Gasteiger partial charge in [0.05, 0.1) is 25.4 Å². The number of nitriles is 1. The van der Waals surface area contributed by atoms with Crippen molar-refractivity contribution < 1.29 is 14.3 Å². The zero-order valence-electron chi connectivity index (χ0n) is 17.7. The summed E-state index contributed by atoms with van der Waals surface area (Å²) in [5.74, 6) is -0.416. The largest absolute Gasteiger partial charge is 0.468 e. The van der Waals surface area contributed by atoms with Crippen LogP contribution in [-0.4, -0.2) is 60.6 Å². The number of methoxy groups -OCH3 is 1. The van der Waals surface area contributed by atoms with Gasteiger partial charge in [0.25, 0.3) is 5.91 Å². The van der Waals surface area contributed by atoms with E-state index in [0.29, 0.717) is 25.1 Å². The van der Waals surface area contributed by atoms with E-state index in [1.54, 1.807) is 11.0 Å². The second kappa shape index (κ2) is 8.78. The van der Waals surface area contributed by atoms with Gasteiger partial charge in [-0.3, -0.25) is 14.5 Å². The number of hydrogen-bond donors (Lipinski definition) is 0. The van der Waals surface area contributed by atoms with Crippen LogP contribution in [0.1, 0.15) is 24.0 Å². The number of nitrogens with zero attached hydrogens (tertiary/aromatic N) is 4. The third kappa shape index (κ3) is 4.12. The van der Waals surface area contributed by atoms with E-state index >= 15 is 0 Å². The minimum atomic E-state index is -0.652. The molecule has 2 aliphatic heterocycles. The van der Waals surface area contributed by atoms with E-state index in [0.717, 1.165) is 30.9 Å². The lowest BCUT2D eigenvalue weighted by atomic mass is 9.85. The Morgan fingerprint density at radius 2 is 1.87 bits per heavy atom.